The molecule has 0 N–H and O–H groups in total. The molecule has 0 radical (unpaired) electrons. The largest absolute Gasteiger partial charge is 0.444 e. The number of likely N-dealkylation sites (N-methyl/N-ethyl adjacent to an activating group) is 1. The van der Waals surface area contributed by atoms with Crippen LogP contribution in [0.15, 0.2) is 30.9 Å². The molecule has 0 unspecified atom stereocenters. The molecule has 1 aliphatic rings. The Kier molecular flexibility index (Phi) is 8.22. The lowest BCUT2D eigenvalue weighted by molar-refractivity contribution is 0.0210. The van der Waals surface area contributed by atoms with Crippen molar-refractivity contribution in [2.45, 2.75) is 77.7 Å². The number of carbonyl (C=O) groups excluding carboxylic acids is 1. The van der Waals surface area contributed by atoms with Crippen molar-refractivity contribution in [3.8, 4) is 11.1 Å². The van der Waals surface area contributed by atoms with Crippen LogP contribution < -0.4 is 4.90 Å². The molecule has 1 saturated heterocycles. The Balaban J connectivity index is 1.64. The Hall–Kier alpha value is -2.85. The highest BCUT2D eigenvalue weighted by Crippen LogP contribution is 2.37. The number of hydrogen-bond donors (Lipinski definition) is 0. The summed E-state index contributed by atoms with van der Waals surface area (Å²) in [5, 5.41) is 5.52. The van der Waals surface area contributed by atoms with Crippen LogP contribution in [0.2, 0.25) is 25.7 Å². The summed E-state index contributed by atoms with van der Waals surface area (Å²) in [6.45, 7) is 15.7. The number of piperidine rings is 1. The van der Waals surface area contributed by atoms with E-state index in [1.165, 1.54) is 0 Å². The number of aryl methyl sites for hydroxylation is 1. The zero-order valence-corrected chi connectivity index (χ0v) is 25.3. The second-order valence-electron chi connectivity index (χ2n) is 12.6. The zero-order valence-electron chi connectivity index (χ0n) is 24.3. The summed E-state index contributed by atoms with van der Waals surface area (Å²) in [5.74, 6) is 0. The Labute approximate surface area is 227 Å². The Bertz CT molecular complexity index is 1260. The van der Waals surface area contributed by atoms with Gasteiger partial charge in [-0.05, 0) is 45.7 Å². The smallest absolute Gasteiger partial charge is 0.410 e. The van der Waals surface area contributed by atoms with Crippen molar-refractivity contribution in [1.82, 2.24) is 24.2 Å². The molecule has 1 atom stereocenters. The fourth-order valence-corrected chi connectivity index (χ4v) is 5.61. The van der Waals surface area contributed by atoms with Crippen molar-refractivity contribution in [2.75, 3.05) is 31.6 Å². The van der Waals surface area contributed by atoms with Crippen LogP contribution in [0.25, 0.3) is 22.2 Å². The molecule has 0 saturated carbocycles. The standard InChI is InChI=1S/C28H44N6O3Si/c1-28(2,3)37-27(35)32(5)22-10-9-13-33(18-22)24-11-12-29-26-25(24)23(21-16-30-31(4)17-21)19-34(26)20-36-14-15-38(6,7)8/h11-12,16-17,19,22H,9-10,13-15,18,20H2,1-8H3/t22-/m0/s1. The molecule has 4 rings (SSSR count). The monoisotopic (exact) mass is 540 g/mol. The molecule has 0 aromatic carbocycles. The van der Waals surface area contributed by atoms with Crippen molar-refractivity contribution >= 4 is 30.9 Å². The van der Waals surface area contributed by atoms with E-state index in [1.54, 1.807) is 4.90 Å². The van der Waals surface area contributed by atoms with E-state index in [2.05, 4.69) is 46.5 Å². The maximum atomic E-state index is 12.8. The third kappa shape index (κ3) is 6.77. The first-order valence-corrected chi connectivity index (χ1v) is 17.3. The second kappa shape index (κ2) is 11.1. The summed E-state index contributed by atoms with van der Waals surface area (Å²) in [7, 11) is 2.61. The minimum absolute atomic E-state index is 0.0654. The van der Waals surface area contributed by atoms with Gasteiger partial charge in [0.1, 0.15) is 18.0 Å². The summed E-state index contributed by atoms with van der Waals surface area (Å²) in [4.78, 5) is 21.7. The number of amides is 1. The molecule has 0 aliphatic carbocycles. The average Bonchev–Trinajstić information content (AvgIpc) is 3.43. The topological polar surface area (TPSA) is 77.7 Å². The minimum Gasteiger partial charge on any atom is -0.444 e. The van der Waals surface area contributed by atoms with Gasteiger partial charge in [-0.15, -0.1) is 0 Å². The van der Waals surface area contributed by atoms with Gasteiger partial charge >= 0.3 is 6.09 Å². The Morgan fingerprint density at radius 3 is 2.66 bits per heavy atom. The number of aromatic nitrogens is 4. The number of pyridine rings is 1. The maximum absolute atomic E-state index is 12.8. The fraction of sp³-hybridized carbons (Fsp3) is 0.607. The predicted octanol–water partition coefficient (Wildman–Crippen LogP) is 5.58. The summed E-state index contributed by atoms with van der Waals surface area (Å²) >= 11 is 0. The van der Waals surface area contributed by atoms with Crippen molar-refractivity contribution in [3.63, 3.8) is 0 Å². The SMILES string of the molecule is CN(C(=O)OC(C)(C)C)[C@H]1CCCN(c2ccnc3c2c(-c2cnn(C)c2)cn3COCC[Si](C)(C)C)C1. The van der Waals surface area contributed by atoms with Crippen LogP contribution >= 0.6 is 0 Å². The number of anilines is 1. The number of rotatable bonds is 8. The molecule has 0 spiro atoms. The van der Waals surface area contributed by atoms with E-state index >= 15 is 0 Å². The van der Waals surface area contributed by atoms with E-state index in [9.17, 15) is 4.79 Å². The van der Waals surface area contributed by atoms with Crippen molar-refractivity contribution in [3.05, 3.63) is 30.9 Å². The lowest BCUT2D eigenvalue weighted by Gasteiger charge is -2.39. The highest BCUT2D eigenvalue weighted by Gasteiger charge is 2.30. The molecule has 9 nitrogen and oxygen atoms in total. The number of fused-ring (bicyclic) bond motifs is 1. The van der Waals surface area contributed by atoms with E-state index in [1.807, 2.05) is 58.1 Å². The first kappa shape index (κ1) is 28.2. The van der Waals surface area contributed by atoms with Gasteiger partial charge in [-0.2, -0.15) is 5.10 Å². The molecule has 1 amide bonds. The average molecular weight is 541 g/mol. The third-order valence-electron chi connectivity index (χ3n) is 6.94. The van der Waals surface area contributed by atoms with Crippen LogP contribution in [0.5, 0.6) is 0 Å². The molecular formula is C28H44N6O3Si. The molecule has 1 fully saturated rings. The third-order valence-corrected chi connectivity index (χ3v) is 8.65. The molecule has 3 aromatic rings. The van der Waals surface area contributed by atoms with Crippen molar-refractivity contribution < 1.29 is 14.3 Å². The van der Waals surface area contributed by atoms with Crippen LogP contribution in [-0.4, -0.2) is 76.8 Å². The molecule has 208 valence electrons. The molecule has 38 heavy (non-hydrogen) atoms. The van der Waals surface area contributed by atoms with E-state index < -0.39 is 13.7 Å². The van der Waals surface area contributed by atoms with Crippen molar-refractivity contribution in [1.29, 1.82) is 0 Å². The first-order chi connectivity index (χ1) is 17.8. The van der Waals surface area contributed by atoms with E-state index in [0.717, 1.165) is 66.4 Å². The normalized spacial score (nSPS) is 16.7. The fourth-order valence-electron chi connectivity index (χ4n) is 4.85. The van der Waals surface area contributed by atoms with Crippen molar-refractivity contribution in [2.24, 2.45) is 7.05 Å². The lowest BCUT2D eigenvalue weighted by Crippen LogP contribution is -2.49. The maximum Gasteiger partial charge on any atom is 0.410 e. The number of nitrogens with zero attached hydrogens (tertiary/aromatic N) is 6. The van der Waals surface area contributed by atoms with Crippen LogP contribution in [0.3, 0.4) is 0 Å². The van der Waals surface area contributed by atoms with Crippen LogP contribution in [0, 0.1) is 0 Å². The summed E-state index contributed by atoms with van der Waals surface area (Å²) in [6.07, 6.45) is 9.62. The van der Waals surface area contributed by atoms with Gasteiger partial charge in [0.2, 0.25) is 0 Å². The molecule has 4 heterocycles. The first-order valence-electron chi connectivity index (χ1n) is 13.6. The van der Waals surface area contributed by atoms with Gasteiger partial charge in [-0.1, -0.05) is 19.6 Å². The van der Waals surface area contributed by atoms with Crippen LogP contribution in [0.4, 0.5) is 10.5 Å². The number of carbonyl (C=O) groups is 1. The molecule has 0 bridgehead atoms. The highest BCUT2D eigenvalue weighted by molar-refractivity contribution is 6.76. The van der Waals surface area contributed by atoms with Crippen LogP contribution in [0.1, 0.15) is 33.6 Å². The van der Waals surface area contributed by atoms with Gasteiger partial charge in [-0.25, -0.2) is 9.78 Å². The summed E-state index contributed by atoms with van der Waals surface area (Å²) < 4.78 is 15.7. The Morgan fingerprint density at radius 2 is 2.00 bits per heavy atom. The number of ether oxygens (including phenoxy) is 2. The van der Waals surface area contributed by atoms with E-state index in [-0.39, 0.29) is 12.1 Å². The second-order valence-corrected chi connectivity index (χ2v) is 18.2. The minimum atomic E-state index is -1.17. The molecule has 1 aliphatic heterocycles. The van der Waals surface area contributed by atoms with E-state index in [0.29, 0.717) is 6.73 Å². The number of hydrogen-bond acceptors (Lipinski definition) is 6. The zero-order chi connectivity index (χ0) is 27.7. The molecule has 10 heteroatoms. The van der Waals surface area contributed by atoms with Gasteiger partial charge in [0.05, 0.1) is 23.3 Å². The van der Waals surface area contributed by atoms with Gasteiger partial charge in [0.25, 0.3) is 0 Å². The molecule has 3 aromatic heterocycles. The van der Waals surface area contributed by atoms with Gasteiger partial charge in [0, 0.05) is 71.6 Å². The van der Waals surface area contributed by atoms with Gasteiger partial charge < -0.3 is 23.8 Å². The highest BCUT2D eigenvalue weighted by atomic mass is 28.3. The quantitative estimate of drug-likeness (QED) is 0.274. The van der Waals surface area contributed by atoms with E-state index in [4.69, 9.17) is 14.5 Å². The molecular weight excluding hydrogens is 496 g/mol. The summed E-state index contributed by atoms with van der Waals surface area (Å²) in [5.41, 5.74) is 3.64. The van der Waals surface area contributed by atoms with Gasteiger partial charge in [0.15, 0.2) is 0 Å². The lowest BCUT2D eigenvalue weighted by atomic mass is 10.0. The van der Waals surface area contributed by atoms with Gasteiger partial charge in [-0.3, -0.25) is 4.68 Å². The van der Waals surface area contributed by atoms with Crippen LogP contribution in [-0.2, 0) is 23.3 Å². The predicted molar refractivity (Wildman–Crippen MR) is 155 cm³/mol. The summed E-state index contributed by atoms with van der Waals surface area (Å²) in [6, 6.07) is 3.28. The Morgan fingerprint density at radius 1 is 1.24 bits per heavy atom.